The second-order valence-electron chi connectivity index (χ2n) is 4.21. The van der Waals surface area contributed by atoms with Crippen molar-refractivity contribution in [2.45, 2.75) is 0 Å². The summed E-state index contributed by atoms with van der Waals surface area (Å²) in [6, 6.07) is 0.836. The number of benzene rings is 1. The molecule has 0 saturated carbocycles. The monoisotopic (exact) mass is 293 g/mol. The summed E-state index contributed by atoms with van der Waals surface area (Å²) in [5.41, 5.74) is -2.40. The zero-order chi connectivity index (χ0) is 15.1. The van der Waals surface area contributed by atoms with E-state index < -0.39 is 39.9 Å². The van der Waals surface area contributed by atoms with Gasteiger partial charge in [-0.2, -0.15) is 0 Å². The predicted octanol–water partition coefficient (Wildman–Crippen LogP) is 2.11. The number of halogens is 3. The van der Waals surface area contributed by atoms with Gasteiger partial charge in [0.15, 0.2) is 5.75 Å². The molecule has 0 spiro atoms. The van der Waals surface area contributed by atoms with Gasteiger partial charge in [-0.25, -0.2) is 23.1 Å². The molecule has 3 aromatic rings. The minimum absolute atomic E-state index is 0.0808. The first kappa shape index (κ1) is 13.1. The maximum atomic E-state index is 13.8. The van der Waals surface area contributed by atoms with Gasteiger partial charge >= 0.3 is 0 Å². The summed E-state index contributed by atoms with van der Waals surface area (Å²) in [4.78, 5) is 21.6. The standard InChI is InChI=1S/C13H6F3N3O2/c14-5-1-6(15)9(7(16)2-5)10-12(20)11-8(19-13(10)21)3-17-4-18-11/h1-4H,(H2,19,20,21). The number of hydrogen-bond donors (Lipinski definition) is 2. The van der Waals surface area contributed by atoms with Crippen LogP contribution >= 0.6 is 0 Å². The van der Waals surface area contributed by atoms with Crippen LogP contribution in [0.3, 0.4) is 0 Å². The Morgan fingerprint density at radius 1 is 1.10 bits per heavy atom. The number of hydrogen-bond acceptors (Lipinski definition) is 4. The zero-order valence-corrected chi connectivity index (χ0v) is 10.2. The lowest BCUT2D eigenvalue weighted by molar-refractivity contribution is 0.478. The molecule has 0 fully saturated rings. The molecular formula is C13H6F3N3O2. The number of aromatic amines is 1. The van der Waals surface area contributed by atoms with E-state index in [4.69, 9.17) is 0 Å². The van der Waals surface area contributed by atoms with Gasteiger partial charge in [-0.1, -0.05) is 0 Å². The highest BCUT2D eigenvalue weighted by atomic mass is 19.1. The van der Waals surface area contributed by atoms with E-state index in [1.807, 2.05) is 0 Å². The normalized spacial score (nSPS) is 11.0. The molecule has 0 unspecified atom stereocenters. The van der Waals surface area contributed by atoms with Gasteiger partial charge in [-0.05, 0) is 0 Å². The number of rotatable bonds is 1. The van der Waals surface area contributed by atoms with Crippen LogP contribution in [-0.4, -0.2) is 20.1 Å². The summed E-state index contributed by atoms with van der Waals surface area (Å²) >= 11 is 0. The maximum absolute atomic E-state index is 13.8. The van der Waals surface area contributed by atoms with Crippen molar-refractivity contribution in [1.82, 2.24) is 15.0 Å². The van der Waals surface area contributed by atoms with Crippen LogP contribution in [-0.2, 0) is 0 Å². The number of nitrogens with zero attached hydrogens (tertiary/aromatic N) is 2. The Labute approximate surface area is 114 Å². The van der Waals surface area contributed by atoms with E-state index in [0.29, 0.717) is 12.1 Å². The molecule has 0 amide bonds. The van der Waals surface area contributed by atoms with Crippen LogP contribution in [0.15, 0.2) is 29.5 Å². The number of H-pyrrole nitrogens is 1. The van der Waals surface area contributed by atoms with Gasteiger partial charge in [0, 0.05) is 12.1 Å². The summed E-state index contributed by atoms with van der Waals surface area (Å²) in [6.45, 7) is 0. The molecule has 106 valence electrons. The Morgan fingerprint density at radius 3 is 2.43 bits per heavy atom. The van der Waals surface area contributed by atoms with E-state index >= 15 is 0 Å². The van der Waals surface area contributed by atoms with E-state index in [-0.39, 0.29) is 11.0 Å². The van der Waals surface area contributed by atoms with Crippen LogP contribution in [0, 0.1) is 17.5 Å². The molecule has 0 radical (unpaired) electrons. The number of aromatic hydroxyl groups is 1. The highest BCUT2D eigenvalue weighted by Gasteiger charge is 2.22. The van der Waals surface area contributed by atoms with E-state index in [9.17, 15) is 23.1 Å². The van der Waals surface area contributed by atoms with Gasteiger partial charge in [0.2, 0.25) is 0 Å². The van der Waals surface area contributed by atoms with Crippen molar-refractivity contribution in [2.24, 2.45) is 0 Å². The molecule has 3 rings (SSSR count). The molecule has 0 atom stereocenters. The number of fused-ring (bicyclic) bond motifs is 1. The molecule has 0 aliphatic carbocycles. The van der Waals surface area contributed by atoms with E-state index in [1.54, 1.807) is 0 Å². The Hall–Kier alpha value is -2.90. The molecule has 0 saturated heterocycles. The summed E-state index contributed by atoms with van der Waals surface area (Å²) in [5, 5.41) is 10.1. The highest BCUT2D eigenvalue weighted by molar-refractivity contribution is 5.88. The van der Waals surface area contributed by atoms with Crippen LogP contribution in [0.5, 0.6) is 5.75 Å². The fourth-order valence-electron chi connectivity index (χ4n) is 2.03. The number of pyridine rings is 1. The lowest BCUT2D eigenvalue weighted by Gasteiger charge is -2.08. The van der Waals surface area contributed by atoms with Crippen molar-refractivity contribution < 1.29 is 18.3 Å². The quantitative estimate of drug-likeness (QED) is 0.720. The van der Waals surface area contributed by atoms with Gasteiger partial charge in [0.05, 0.1) is 22.8 Å². The molecule has 2 N–H and O–H groups in total. The van der Waals surface area contributed by atoms with E-state index in [0.717, 1.165) is 6.33 Å². The van der Waals surface area contributed by atoms with Crippen molar-refractivity contribution in [1.29, 1.82) is 0 Å². The third-order valence-corrected chi connectivity index (χ3v) is 2.91. The molecule has 0 aliphatic rings. The molecule has 21 heavy (non-hydrogen) atoms. The van der Waals surface area contributed by atoms with Crippen molar-refractivity contribution in [2.75, 3.05) is 0 Å². The molecule has 0 aliphatic heterocycles. The van der Waals surface area contributed by atoms with Gasteiger partial charge in [-0.3, -0.25) is 4.79 Å². The van der Waals surface area contributed by atoms with Crippen molar-refractivity contribution in [3.63, 3.8) is 0 Å². The van der Waals surface area contributed by atoms with Crippen molar-refractivity contribution >= 4 is 11.0 Å². The fraction of sp³-hybridized carbons (Fsp3) is 0. The first-order valence-corrected chi connectivity index (χ1v) is 5.69. The minimum Gasteiger partial charge on any atom is -0.505 e. The predicted molar refractivity (Wildman–Crippen MR) is 67.1 cm³/mol. The van der Waals surface area contributed by atoms with Crippen LogP contribution in [0.1, 0.15) is 0 Å². The second kappa shape index (κ2) is 4.58. The summed E-state index contributed by atoms with van der Waals surface area (Å²) in [7, 11) is 0. The maximum Gasteiger partial charge on any atom is 0.260 e. The van der Waals surface area contributed by atoms with Crippen LogP contribution in [0.2, 0.25) is 0 Å². The largest absolute Gasteiger partial charge is 0.505 e. The van der Waals surface area contributed by atoms with E-state index in [2.05, 4.69) is 15.0 Å². The van der Waals surface area contributed by atoms with Crippen molar-refractivity contribution in [3.8, 4) is 16.9 Å². The average molecular weight is 293 g/mol. The smallest absolute Gasteiger partial charge is 0.260 e. The number of aromatic nitrogens is 3. The Morgan fingerprint density at radius 2 is 1.76 bits per heavy atom. The highest BCUT2D eigenvalue weighted by Crippen LogP contribution is 2.33. The van der Waals surface area contributed by atoms with Gasteiger partial charge in [0.1, 0.15) is 29.3 Å². The topological polar surface area (TPSA) is 78.9 Å². The average Bonchev–Trinajstić information content (AvgIpc) is 2.41. The molecule has 2 aromatic heterocycles. The molecule has 2 heterocycles. The Balaban J connectivity index is 2.44. The van der Waals surface area contributed by atoms with Gasteiger partial charge in [0.25, 0.3) is 5.56 Å². The molecule has 8 heteroatoms. The van der Waals surface area contributed by atoms with Crippen LogP contribution in [0.25, 0.3) is 22.2 Å². The van der Waals surface area contributed by atoms with Crippen LogP contribution in [0.4, 0.5) is 13.2 Å². The molecule has 5 nitrogen and oxygen atoms in total. The Kier molecular flexibility index (Phi) is 2.86. The first-order chi connectivity index (χ1) is 9.99. The van der Waals surface area contributed by atoms with Crippen molar-refractivity contribution in [3.05, 3.63) is 52.5 Å². The third kappa shape index (κ3) is 2.00. The molecule has 1 aromatic carbocycles. The molecule has 0 bridgehead atoms. The zero-order valence-electron chi connectivity index (χ0n) is 10.2. The number of nitrogens with one attached hydrogen (secondary N) is 1. The summed E-state index contributed by atoms with van der Waals surface area (Å²) in [6.07, 6.45) is 2.33. The lowest BCUT2D eigenvalue weighted by atomic mass is 10.0. The van der Waals surface area contributed by atoms with Gasteiger partial charge < -0.3 is 10.1 Å². The van der Waals surface area contributed by atoms with E-state index in [1.165, 1.54) is 6.20 Å². The summed E-state index contributed by atoms with van der Waals surface area (Å²) < 4.78 is 40.5. The van der Waals surface area contributed by atoms with Crippen LogP contribution < -0.4 is 5.56 Å². The Bertz CT molecular complexity index is 901. The minimum atomic E-state index is -1.30. The second-order valence-corrected chi connectivity index (χ2v) is 4.21. The third-order valence-electron chi connectivity index (χ3n) is 2.91. The SMILES string of the molecule is O=c1[nH]c2cncnc2c(O)c1-c1c(F)cc(F)cc1F. The molecular weight excluding hydrogens is 287 g/mol. The lowest BCUT2D eigenvalue weighted by Crippen LogP contribution is -2.12. The summed E-state index contributed by atoms with van der Waals surface area (Å²) in [5.74, 6) is -4.45. The van der Waals surface area contributed by atoms with Gasteiger partial charge in [-0.15, -0.1) is 0 Å². The first-order valence-electron chi connectivity index (χ1n) is 5.69. The fourth-order valence-corrected chi connectivity index (χ4v) is 2.03.